The largest absolute Gasteiger partial charge is 0.337 e. The summed E-state index contributed by atoms with van der Waals surface area (Å²) in [5.41, 5.74) is 11.6. The molecule has 5 heteroatoms. The lowest BCUT2D eigenvalue weighted by Crippen LogP contribution is -2.32. The van der Waals surface area contributed by atoms with Crippen LogP contribution < -0.4 is 11.6 Å². The molecule has 0 radical (unpaired) electrons. The lowest BCUT2D eigenvalue weighted by Gasteiger charge is -2.29. The van der Waals surface area contributed by atoms with Gasteiger partial charge in [-0.05, 0) is 32.3 Å². The van der Waals surface area contributed by atoms with Crippen molar-refractivity contribution in [2.24, 2.45) is 5.73 Å². The molecule has 0 unspecified atom stereocenters. The second-order valence-electron chi connectivity index (χ2n) is 7.13. The topological polar surface area (TPSA) is 82.8 Å². The molecule has 1 fully saturated rings. The maximum atomic E-state index is 6.49. The van der Waals surface area contributed by atoms with E-state index >= 15 is 0 Å². The first kappa shape index (κ1) is 16.1. The van der Waals surface area contributed by atoms with Crippen molar-refractivity contribution >= 4 is 11.0 Å². The zero-order chi connectivity index (χ0) is 17.6. The molecule has 0 spiro atoms. The van der Waals surface area contributed by atoms with E-state index in [1.165, 1.54) is 12.8 Å². The minimum atomic E-state index is 0.149. The van der Waals surface area contributed by atoms with Gasteiger partial charge in [-0.1, -0.05) is 43.2 Å². The Kier molecular flexibility index (Phi) is 3.96. The fourth-order valence-electron chi connectivity index (χ4n) is 4.00. The molecule has 1 saturated carbocycles. The molecule has 0 bridgehead atoms. The predicted molar refractivity (Wildman–Crippen MR) is 102 cm³/mol. The van der Waals surface area contributed by atoms with Crippen LogP contribution in [0, 0.1) is 13.8 Å². The van der Waals surface area contributed by atoms with Crippen molar-refractivity contribution in [1.29, 1.82) is 0 Å². The zero-order valence-electron chi connectivity index (χ0n) is 14.9. The first-order chi connectivity index (χ1) is 12.1. The molecule has 5 nitrogen and oxygen atoms in total. The highest BCUT2D eigenvalue weighted by molar-refractivity contribution is 5.86. The average Bonchev–Trinajstić information content (AvgIpc) is 2.87. The zero-order valence-corrected chi connectivity index (χ0v) is 14.9. The lowest BCUT2D eigenvalue weighted by atomic mass is 9.81. The molecule has 2 aromatic heterocycles. The number of hydrogen-bond acceptors (Lipinski definition) is 4. The van der Waals surface area contributed by atoms with E-state index in [4.69, 9.17) is 21.5 Å². The maximum Gasteiger partial charge on any atom is 0.163 e. The van der Waals surface area contributed by atoms with E-state index in [0.717, 1.165) is 52.2 Å². The fourth-order valence-corrected chi connectivity index (χ4v) is 4.00. The molecule has 4 N–H and O–H groups in total. The van der Waals surface area contributed by atoms with E-state index in [-0.39, 0.29) is 12.0 Å². The van der Waals surface area contributed by atoms with Gasteiger partial charge < -0.3 is 11.6 Å². The van der Waals surface area contributed by atoms with Crippen molar-refractivity contribution in [3.8, 4) is 11.4 Å². The third-order valence-corrected chi connectivity index (χ3v) is 5.63. The lowest BCUT2D eigenvalue weighted by molar-refractivity contribution is 0.381. The quantitative estimate of drug-likeness (QED) is 0.703. The third kappa shape index (κ3) is 2.59. The van der Waals surface area contributed by atoms with Crippen LogP contribution in [0.4, 0.5) is 0 Å². The summed E-state index contributed by atoms with van der Waals surface area (Å²) in [6.07, 6.45) is 4.53. The second kappa shape index (κ2) is 6.15. The number of hydrogen-bond donors (Lipinski definition) is 2. The van der Waals surface area contributed by atoms with Crippen LogP contribution in [0.25, 0.3) is 22.4 Å². The number of aryl methyl sites for hydroxylation is 1. The molecule has 4 rings (SSSR count). The van der Waals surface area contributed by atoms with Crippen molar-refractivity contribution in [3.63, 3.8) is 0 Å². The molecule has 3 aromatic rings. The molecular weight excluding hydrogens is 310 g/mol. The molecule has 25 heavy (non-hydrogen) atoms. The van der Waals surface area contributed by atoms with Crippen LogP contribution in [0.1, 0.15) is 48.6 Å². The molecule has 1 aliphatic carbocycles. The van der Waals surface area contributed by atoms with Crippen LogP contribution in [-0.2, 0) is 0 Å². The van der Waals surface area contributed by atoms with Gasteiger partial charge in [0.2, 0.25) is 0 Å². The number of aromatic nitrogens is 3. The molecule has 0 aliphatic heterocycles. The van der Waals surface area contributed by atoms with Gasteiger partial charge in [-0.2, -0.15) is 0 Å². The van der Waals surface area contributed by atoms with E-state index in [2.05, 4.69) is 6.92 Å². The maximum absolute atomic E-state index is 6.49. The Morgan fingerprint density at radius 3 is 2.48 bits per heavy atom. The monoisotopic (exact) mass is 335 g/mol. The van der Waals surface area contributed by atoms with Crippen LogP contribution >= 0.6 is 0 Å². The summed E-state index contributed by atoms with van der Waals surface area (Å²) in [6, 6.07) is 10.2. The number of rotatable bonds is 2. The van der Waals surface area contributed by atoms with E-state index in [1.54, 1.807) is 4.68 Å². The highest BCUT2D eigenvalue weighted by Gasteiger charge is 2.29. The fraction of sp³-hybridized carbons (Fsp3) is 0.400. The Balaban J connectivity index is 2.00. The molecule has 0 amide bonds. The Bertz CT molecular complexity index is 913. The molecule has 2 heterocycles. The summed E-state index contributed by atoms with van der Waals surface area (Å²) in [6.45, 7) is 4.13. The number of benzene rings is 1. The Morgan fingerprint density at radius 1 is 1.04 bits per heavy atom. The van der Waals surface area contributed by atoms with Gasteiger partial charge in [-0.3, -0.25) is 0 Å². The first-order valence-electron chi connectivity index (χ1n) is 9.03. The van der Waals surface area contributed by atoms with Crippen molar-refractivity contribution in [3.05, 3.63) is 47.3 Å². The van der Waals surface area contributed by atoms with Crippen LogP contribution in [0.5, 0.6) is 0 Å². The molecular formula is C20H25N5. The van der Waals surface area contributed by atoms with Crippen molar-refractivity contribution in [1.82, 2.24) is 14.6 Å². The van der Waals surface area contributed by atoms with Crippen LogP contribution in [0.3, 0.4) is 0 Å². The van der Waals surface area contributed by atoms with Gasteiger partial charge in [0.15, 0.2) is 11.5 Å². The molecule has 1 aromatic carbocycles. The Labute approximate surface area is 148 Å². The van der Waals surface area contributed by atoms with E-state index in [1.807, 2.05) is 37.3 Å². The summed E-state index contributed by atoms with van der Waals surface area (Å²) in [5.74, 6) is 7.31. The molecule has 1 aliphatic rings. The second-order valence-corrected chi connectivity index (χ2v) is 7.13. The van der Waals surface area contributed by atoms with Crippen LogP contribution in [0.15, 0.2) is 30.3 Å². The van der Waals surface area contributed by atoms with Gasteiger partial charge >= 0.3 is 0 Å². The van der Waals surface area contributed by atoms with Gasteiger partial charge in [0, 0.05) is 28.6 Å². The Hall–Kier alpha value is -2.40. The van der Waals surface area contributed by atoms with Crippen molar-refractivity contribution in [2.45, 2.75) is 51.5 Å². The summed E-state index contributed by atoms with van der Waals surface area (Å²) in [7, 11) is 0. The van der Waals surface area contributed by atoms with E-state index in [9.17, 15) is 0 Å². The highest BCUT2D eigenvalue weighted by Crippen LogP contribution is 2.37. The number of nitrogens with two attached hydrogens (primary N) is 2. The normalized spacial score (nSPS) is 20.9. The number of nitrogen functional groups attached to an aromatic ring is 1. The van der Waals surface area contributed by atoms with Crippen LogP contribution in [-0.4, -0.2) is 20.7 Å². The number of fused-ring (bicyclic) bond motifs is 1. The minimum Gasteiger partial charge on any atom is -0.337 e. The molecule has 0 saturated heterocycles. The Morgan fingerprint density at radius 2 is 1.76 bits per heavy atom. The summed E-state index contributed by atoms with van der Waals surface area (Å²) < 4.78 is 1.69. The van der Waals surface area contributed by atoms with Gasteiger partial charge in [0.05, 0.1) is 5.69 Å². The first-order valence-corrected chi connectivity index (χ1v) is 9.03. The van der Waals surface area contributed by atoms with Crippen LogP contribution in [0.2, 0.25) is 0 Å². The van der Waals surface area contributed by atoms with E-state index < -0.39 is 0 Å². The van der Waals surface area contributed by atoms with Crippen molar-refractivity contribution in [2.75, 3.05) is 5.84 Å². The van der Waals surface area contributed by atoms with Crippen molar-refractivity contribution < 1.29 is 0 Å². The van der Waals surface area contributed by atoms with Gasteiger partial charge in [0.25, 0.3) is 0 Å². The SMILES string of the molecule is Cc1c(C)n(N)c2nc(-c3ccccc3)nc([C@@H]3CCCC[C@H]3N)c12. The smallest absolute Gasteiger partial charge is 0.163 e. The molecule has 2 atom stereocenters. The standard InChI is InChI=1S/C20H25N5/c1-12-13(2)25(22)20-17(12)18(15-10-6-7-11-16(15)21)23-19(24-20)14-8-4-3-5-9-14/h3-5,8-9,15-16H,6-7,10-11,21-22H2,1-2H3/t15-,16-/m1/s1. The average molecular weight is 335 g/mol. The summed E-state index contributed by atoms with van der Waals surface area (Å²) in [4.78, 5) is 9.79. The predicted octanol–water partition coefficient (Wildman–Crippen LogP) is 3.41. The third-order valence-electron chi connectivity index (χ3n) is 5.63. The van der Waals surface area contributed by atoms with Gasteiger partial charge in [0.1, 0.15) is 0 Å². The number of nitrogens with zero attached hydrogens (tertiary/aromatic N) is 3. The van der Waals surface area contributed by atoms with E-state index in [0.29, 0.717) is 0 Å². The summed E-state index contributed by atoms with van der Waals surface area (Å²) >= 11 is 0. The van der Waals surface area contributed by atoms with Gasteiger partial charge in [-0.15, -0.1) is 0 Å². The minimum absolute atomic E-state index is 0.149. The van der Waals surface area contributed by atoms with Gasteiger partial charge in [-0.25, -0.2) is 14.6 Å². The summed E-state index contributed by atoms with van der Waals surface area (Å²) in [5, 5.41) is 1.09. The molecule has 130 valence electrons. The highest BCUT2D eigenvalue weighted by atomic mass is 15.3.